The second kappa shape index (κ2) is 4.82. The summed E-state index contributed by atoms with van der Waals surface area (Å²) in [5.41, 5.74) is 0.899. The molecule has 0 radical (unpaired) electrons. The molecule has 0 unspecified atom stereocenters. The molecular formula is C13H13NO3. The normalized spacial score (nSPS) is 19.7. The molecule has 1 atom stereocenters. The standard InChI is InChI=1S/C13H13NO3/c1-2-6-12(15)14-11(9-17-13(14)16)10-7-4-3-5-8-10/h2-8,11H,9H2,1H3/b6-2-/t11-/m1/s1. The minimum atomic E-state index is -0.582. The van der Waals surface area contributed by atoms with Crippen molar-refractivity contribution in [2.45, 2.75) is 13.0 Å². The number of allylic oxidation sites excluding steroid dienone is 1. The Bertz CT molecular complexity index is 453. The third-order valence-electron chi connectivity index (χ3n) is 2.60. The minimum Gasteiger partial charge on any atom is -0.446 e. The molecule has 0 saturated carbocycles. The summed E-state index contributed by atoms with van der Waals surface area (Å²) < 4.78 is 4.93. The minimum absolute atomic E-state index is 0.214. The Labute approximate surface area is 99.5 Å². The topological polar surface area (TPSA) is 46.6 Å². The molecule has 1 saturated heterocycles. The van der Waals surface area contributed by atoms with Crippen LogP contribution in [0.25, 0.3) is 0 Å². The van der Waals surface area contributed by atoms with E-state index in [0.29, 0.717) is 0 Å². The lowest BCUT2D eigenvalue weighted by Gasteiger charge is -2.18. The van der Waals surface area contributed by atoms with E-state index < -0.39 is 6.09 Å². The maximum atomic E-state index is 11.8. The molecule has 0 aromatic heterocycles. The first-order valence-corrected chi connectivity index (χ1v) is 5.41. The second-order valence-electron chi connectivity index (χ2n) is 3.71. The monoisotopic (exact) mass is 231 g/mol. The fourth-order valence-electron chi connectivity index (χ4n) is 1.81. The van der Waals surface area contributed by atoms with Gasteiger partial charge in [0.1, 0.15) is 12.6 Å². The van der Waals surface area contributed by atoms with E-state index in [2.05, 4.69) is 0 Å². The number of cyclic esters (lactones) is 1. The molecule has 1 aromatic rings. The molecule has 0 aliphatic carbocycles. The summed E-state index contributed by atoms with van der Waals surface area (Å²) in [7, 11) is 0. The van der Waals surface area contributed by atoms with Gasteiger partial charge in [0.05, 0.1) is 0 Å². The average molecular weight is 231 g/mol. The van der Waals surface area contributed by atoms with Crippen LogP contribution in [0.5, 0.6) is 0 Å². The van der Waals surface area contributed by atoms with Crippen LogP contribution in [0.1, 0.15) is 18.5 Å². The van der Waals surface area contributed by atoms with Crippen LogP contribution in [0.4, 0.5) is 4.79 Å². The highest BCUT2D eigenvalue weighted by Gasteiger charge is 2.37. The zero-order valence-electron chi connectivity index (χ0n) is 9.50. The third kappa shape index (κ3) is 2.20. The Kier molecular flexibility index (Phi) is 3.23. The molecule has 1 aromatic carbocycles. The zero-order valence-corrected chi connectivity index (χ0v) is 9.50. The molecule has 1 heterocycles. The quantitative estimate of drug-likeness (QED) is 0.733. The largest absolute Gasteiger partial charge is 0.446 e. The van der Waals surface area contributed by atoms with Crippen LogP contribution >= 0.6 is 0 Å². The van der Waals surface area contributed by atoms with Crippen LogP contribution in [-0.4, -0.2) is 23.5 Å². The first-order chi connectivity index (χ1) is 8.24. The average Bonchev–Trinajstić information content (AvgIpc) is 2.73. The lowest BCUT2D eigenvalue weighted by molar-refractivity contribution is -0.124. The number of carbonyl (C=O) groups is 2. The van der Waals surface area contributed by atoms with Crippen molar-refractivity contribution in [1.82, 2.24) is 4.90 Å². The predicted octanol–water partition coefficient (Wildman–Crippen LogP) is 2.28. The molecule has 0 N–H and O–H groups in total. The third-order valence-corrected chi connectivity index (χ3v) is 2.60. The number of hydrogen-bond acceptors (Lipinski definition) is 3. The SMILES string of the molecule is C/C=C\C(=O)N1C(=O)OC[C@@H]1c1ccccc1. The van der Waals surface area contributed by atoms with Crippen molar-refractivity contribution >= 4 is 12.0 Å². The fraction of sp³-hybridized carbons (Fsp3) is 0.231. The van der Waals surface area contributed by atoms with E-state index in [1.165, 1.54) is 6.08 Å². The molecule has 2 rings (SSSR count). The summed E-state index contributed by atoms with van der Waals surface area (Å²) in [5, 5.41) is 0. The van der Waals surface area contributed by atoms with Crippen molar-refractivity contribution in [2.24, 2.45) is 0 Å². The van der Waals surface area contributed by atoms with E-state index in [1.807, 2.05) is 30.3 Å². The van der Waals surface area contributed by atoms with Crippen molar-refractivity contribution in [1.29, 1.82) is 0 Å². The highest BCUT2D eigenvalue weighted by Crippen LogP contribution is 2.27. The van der Waals surface area contributed by atoms with Gasteiger partial charge in [0.25, 0.3) is 5.91 Å². The van der Waals surface area contributed by atoms with E-state index in [9.17, 15) is 9.59 Å². The van der Waals surface area contributed by atoms with Gasteiger partial charge in [0.15, 0.2) is 0 Å². The number of benzene rings is 1. The van der Waals surface area contributed by atoms with Crippen LogP contribution in [-0.2, 0) is 9.53 Å². The van der Waals surface area contributed by atoms with Gasteiger partial charge in [0.2, 0.25) is 0 Å². The van der Waals surface area contributed by atoms with Gasteiger partial charge >= 0.3 is 6.09 Å². The maximum absolute atomic E-state index is 11.8. The van der Waals surface area contributed by atoms with Crippen molar-refractivity contribution in [3.05, 3.63) is 48.0 Å². The summed E-state index contributed by atoms with van der Waals surface area (Å²) in [6.07, 6.45) is 2.39. The van der Waals surface area contributed by atoms with E-state index in [4.69, 9.17) is 4.74 Å². The molecule has 17 heavy (non-hydrogen) atoms. The van der Waals surface area contributed by atoms with Gasteiger partial charge in [-0.3, -0.25) is 4.79 Å². The molecule has 4 heteroatoms. The highest BCUT2D eigenvalue weighted by atomic mass is 16.6. The Morgan fingerprint density at radius 1 is 1.41 bits per heavy atom. The lowest BCUT2D eigenvalue weighted by Crippen LogP contribution is -2.32. The number of hydrogen-bond donors (Lipinski definition) is 0. The van der Waals surface area contributed by atoms with E-state index in [-0.39, 0.29) is 18.6 Å². The van der Waals surface area contributed by atoms with Crippen LogP contribution < -0.4 is 0 Å². The Balaban J connectivity index is 2.28. The van der Waals surface area contributed by atoms with Crippen LogP contribution in [0.3, 0.4) is 0 Å². The van der Waals surface area contributed by atoms with E-state index in [0.717, 1.165) is 10.5 Å². The first-order valence-electron chi connectivity index (χ1n) is 5.41. The molecule has 2 amide bonds. The molecule has 0 spiro atoms. The summed E-state index contributed by atoms with van der Waals surface area (Å²) in [6.45, 7) is 1.95. The Morgan fingerprint density at radius 2 is 2.12 bits per heavy atom. The van der Waals surface area contributed by atoms with Crippen LogP contribution in [0, 0.1) is 0 Å². The van der Waals surface area contributed by atoms with Crippen LogP contribution in [0.2, 0.25) is 0 Å². The summed E-state index contributed by atoms with van der Waals surface area (Å²) in [6, 6.07) is 9.06. The van der Waals surface area contributed by atoms with Crippen LogP contribution in [0.15, 0.2) is 42.5 Å². The van der Waals surface area contributed by atoms with Gasteiger partial charge in [-0.1, -0.05) is 36.4 Å². The Morgan fingerprint density at radius 3 is 2.76 bits per heavy atom. The van der Waals surface area contributed by atoms with Gasteiger partial charge in [0, 0.05) is 0 Å². The van der Waals surface area contributed by atoms with Crippen molar-refractivity contribution < 1.29 is 14.3 Å². The van der Waals surface area contributed by atoms with Crippen molar-refractivity contribution in [2.75, 3.05) is 6.61 Å². The fourth-order valence-corrected chi connectivity index (χ4v) is 1.81. The molecule has 88 valence electrons. The number of carbonyl (C=O) groups excluding carboxylic acids is 2. The zero-order chi connectivity index (χ0) is 12.3. The van der Waals surface area contributed by atoms with E-state index >= 15 is 0 Å². The number of rotatable bonds is 2. The molecule has 0 bridgehead atoms. The van der Waals surface area contributed by atoms with Gasteiger partial charge in [-0.25, -0.2) is 9.69 Å². The predicted molar refractivity (Wildman–Crippen MR) is 62.2 cm³/mol. The number of amides is 2. The lowest BCUT2D eigenvalue weighted by atomic mass is 10.1. The van der Waals surface area contributed by atoms with Gasteiger partial charge < -0.3 is 4.74 Å². The molecule has 4 nitrogen and oxygen atoms in total. The van der Waals surface area contributed by atoms with Gasteiger partial charge in [-0.05, 0) is 18.6 Å². The molecule has 1 aliphatic rings. The van der Waals surface area contributed by atoms with E-state index in [1.54, 1.807) is 13.0 Å². The van der Waals surface area contributed by atoms with Gasteiger partial charge in [-0.2, -0.15) is 0 Å². The summed E-state index contributed by atoms with van der Waals surface area (Å²) in [4.78, 5) is 24.4. The summed E-state index contributed by atoms with van der Waals surface area (Å²) in [5.74, 6) is -0.344. The van der Waals surface area contributed by atoms with Gasteiger partial charge in [-0.15, -0.1) is 0 Å². The highest BCUT2D eigenvalue weighted by molar-refractivity contribution is 5.99. The van der Waals surface area contributed by atoms with Crippen molar-refractivity contribution in [3.63, 3.8) is 0 Å². The molecule has 1 aliphatic heterocycles. The number of nitrogens with zero attached hydrogens (tertiary/aromatic N) is 1. The second-order valence-corrected chi connectivity index (χ2v) is 3.71. The molecular weight excluding hydrogens is 218 g/mol. The van der Waals surface area contributed by atoms with Crippen molar-refractivity contribution in [3.8, 4) is 0 Å². The maximum Gasteiger partial charge on any atom is 0.417 e. The Hall–Kier alpha value is -2.10. The number of imide groups is 1. The molecule has 1 fully saturated rings. The number of ether oxygens (including phenoxy) is 1. The smallest absolute Gasteiger partial charge is 0.417 e. The summed E-state index contributed by atoms with van der Waals surface area (Å²) >= 11 is 0. The first kappa shape index (κ1) is 11.4.